The summed E-state index contributed by atoms with van der Waals surface area (Å²) in [6.07, 6.45) is 0. The SMILES string of the molecule is CCn1nc(C)cc1COc1ccc(OC)cc1CNC. The number of aryl methyl sites for hydroxylation is 2. The van der Waals surface area contributed by atoms with Crippen LogP contribution in [-0.2, 0) is 19.7 Å². The lowest BCUT2D eigenvalue weighted by Crippen LogP contribution is -2.10. The third-order valence-electron chi connectivity index (χ3n) is 3.30. The maximum atomic E-state index is 5.97. The Hall–Kier alpha value is -2.01. The first kappa shape index (κ1) is 15.4. The topological polar surface area (TPSA) is 48.3 Å². The maximum Gasteiger partial charge on any atom is 0.130 e. The largest absolute Gasteiger partial charge is 0.497 e. The van der Waals surface area contributed by atoms with Gasteiger partial charge in [-0.2, -0.15) is 5.10 Å². The van der Waals surface area contributed by atoms with Crippen LogP contribution in [0.5, 0.6) is 11.5 Å². The first-order valence-corrected chi connectivity index (χ1v) is 7.15. The molecule has 0 aliphatic carbocycles. The number of rotatable bonds is 7. The van der Waals surface area contributed by atoms with Crippen molar-refractivity contribution in [1.82, 2.24) is 15.1 Å². The molecule has 1 aromatic carbocycles. The van der Waals surface area contributed by atoms with Crippen molar-refractivity contribution < 1.29 is 9.47 Å². The number of nitrogens with one attached hydrogen (secondary N) is 1. The standard InChI is InChI=1S/C16H23N3O2/c1-5-19-14(8-12(2)18-19)11-21-16-7-6-15(20-4)9-13(16)10-17-3/h6-9,17H,5,10-11H2,1-4H3. The van der Waals surface area contributed by atoms with Gasteiger partial charge in [-0.1, -0.05) is 0 Å². The molecule has 0 aliphatic rings. The molecule has 0 atom stereocenters. The normalized spacial score (nSPS) is 10.7. The average Bonchev–Trinajstić information content (AvgIpc) is 2.86. The fraction of sp³-hybridized carbons (Fsp3) is 0.438. The summed E-state index contributed by atoms with van der Waals surface area (Å²) in [7, 11) is 3.58. The number of ether oxygens (including phenoxy) is 2. The molecule has 2 aromatic rings. The van der Waals surface area contributed by atoms with Crippen molar-refractivity contribution >= 4 is 0 Å². The fourth-order valence-electron chi connectivity index (χ4n) is 2.29. The molecule has 0 amide bonds. The first-order chi connectivity index (χ1) is 10.2. The zero-order valence-corrected chi connectivity index (χ0v) is 13.1. The van der Waals surface area contributed by atoms with Crippen LogP contribution >= 0.6 is 0 Å². The van der Waals surface area contributed by atoms with Gasteiger partial charge in [0, 0.05) is 18.7 Å². The van der Waals surface area contributed by atoms with Gasteiger partial charge < -0.3 is 14.8 Å². The highest BCUT2D eigenvalue weighted by atomic mass is 16.5. The molecule has 1 N–H and O–H groups in total. The van der Waals surface area contributed by atoms with Gasteiger partial charge in [0.15, 0.2) is 0 Å². The smallest absolute Gasteiger partial charge is 0.130 e. The Morgan fingerprint density at radius 2 is 2.10 bits per heavy atom. The summed E-state index contributed by atoms with van der Waals surface area (Å²) in [6, 6.07) is 7.92. The fourth-order valence-corrected chi connectivity index (χ4v) is 2.29. The highest BCUT2D eigenvalue weighted by Gasteiger charge is 2.08. The molecule has 5 nitrogen and oxygen atoms in total. The van der Waals surface area contributed by atoms with E-state index in [0.717, 1.165) is 41.5 Å². The zero-order valence-electron chi connectivity index (χ0n) is 13.1. The number of aromatic nitrogens is 2. The van der Waals surface area contributed by atoms with Gasteiger partial charge in [0.25, 0.3) is 0 Å². The van der Waals surface area contributed by atoms with Crippen molar-refractivity contribution in [3.05, 3.63) is 41.2 Å². The minimum atomic E-state index is 0.512. The summed E-state index contributed by atoms with van der Waals surface area (Å²) in [6.45, 7) is 6.17. The molecule has 2 rings (SSSR count). The Balaban J connectivity index is 2.15. The van der Waals surface area contributed by atoms with E-state index >= 15 is 0 Å². The van der Waals surface area contributed by atoms with E-state index in [1.54, 1.807) is 7.11 Å². The Morgan fingerprint density at radius 1 is 1.29 bits per heavy atom. The third kappa shape index (κ3) is 3.76. The monoisotopic (exact) mass is 289 g/mol. The van der Waals surface area contributed by atoms with E-state index in [9.17, 15) is 0 Å². The highest BCUT2D eigenvalue weighted by Crippen LogP contribution is 2.25. The predicted molar refractivity (Wildman–Crippen MR) is 82.7 cm³/mol. The van der Waals surface area contributed by atoms with Gasteiger partial charge in [0.05, 0.1) is 18.5 Å². The Kier molecular flexibility index (Phi) is 5.22. The summed E-state index contributed by atoms with van der Waals surface area (Å²) in [4.78, 5) is 0. The third-order valence-corrected chi connectivity index (χ3v) is 3.30. The summed E-state index contributed by atoms with van der Waals surface area (Å²) >= 11 is 0. The van der Waals surface area contributed by atoms with Crippen LogP contribution in [0.2, 0.25) is 0 Å². The molecule has 0 spiro atoms. The van der Waals surface area contributed by atoms with Crippen LogP contribution in [0.1, 0.15) is 23.9 Å². The minimum Gasteiger partial charge on any atom is -0.497 e. The lowest BCUT2D eigenvalue weighted by Gasteiger charge is -2.13. The van der Waals surface area contributed by atoms with E-state index in [0.29, 0.717) is 6.61 Å². The van der Waals surface area contributed by atoms with Gasteiger partial charge in [0.1, 0.15) is 18.1 Å². The number of nitrogens with zero attached hydrogens (tertiary/aromatic N) is 2. The summed E-state index contributed by atoms with van der Waals surface area (Å²) in [5.41, 5.74) is 3.18. The van der Waals surface area contributed by atoms with E-state index < -0.39 is 0 Å². The van der Waals surface area contributed by atoms with Crippen molar-refractivity contribution in [2.24, 2.45) is 0 Å². The first-order valence-electron chi connectivity index (χ1n) is 7.15. The van der Waals surface area contributed by atoms with Crippen LogP contribution in [0.4, 0.5) is 0 Å². The second-order valence-corrected chi connectivity index (χ2v) is 4.89. The average molecular weight is 289 g/mol. The molecular formula is C16H23N3O2. The lowest BCUT2D eigenvalue weighted by atomic mass is 10.2. The van der Waals surface area contributed by atoms with Crippen LogP contribution < -0.4 is 14.8 Å². The summed E-state index contributed by atoms with van der Waals surface area (Å²) < 4.78 is 13.2. The molecule has 1 heterocycles. The molecule has 0 bridgehead atoms. The number of hydrogen-bond donors (Lipinski definition) is 1. The molecule has 0 saturated heterocycles. The van der Waals surface area contributed by atoms with E-state index in [-0.39, 0.29) is 0 Å². The van der Waals surface area contributed by atoms with Crippen LogP contribution in [0.15, 0.2) is 24.3 Å². The second-order valence-electron chi connectivity index (χ2n) is 4.89. The Labute approximate surface area is 125 Å². The van der Waals surface area contributed by atoms with E-state index in [4.69, 9.17) is 9.47 Å². The van der Waals surface area contributed by atoms with Gasteiger partial charge in [0.2, 0.25) is 0 Å². The minimum absolute atomic E-state index is 0.512. The van der Waals surface area contributed by atoms with Gasteiger partial charge in [-0.15, -0.1) is 0 Å². The highest BCUT2D eigenvalue weighted by molar-refractivity contribution is 5.40. The zero-order chi connectivity index (χ0) is 15.2. The van der Waals surface area contributed by atoms with Gasteiger partial charge in [-0.25, -0.2) is 0 Å². The lowest BCUT2D eigenvalue weighted by molar-refractivity contribution is 0.288. The van der Waals surface area contributed by atoms with Crippen molar-refractivity contribution in [1.29, 1.82) is 0 Å². The van der Waals surface area contributed by atoms with Crippen LogP contribution in [0.25, 0.3) is 0 Å². The van der Waals surface area contributed by atoms with Gasteiger partial charge in [-0.3, -0.25) is 4.68 Å². The van der Waals surface area contributed by atoms with Crippen molar-refractivity contribution in [3.8, 4) is 11.5 Å². The van der Waals surface area contributed by atoms with Crippen molar-refractivity contribution in [3.63, 3.8) is 0 Å². The van der Waals surface area contributed by atoms with E-state index in [1.807, 2.05) is 36.9 Å². The predicted octanol–water partition coefficient (Wildman–Crippen LogP) is 2.52. The van der Waals surface area contributed by atoms with Crippen molar-refractivity contribution in [2.75, 3.05) is 14.2 Å². The molecule has 21 heavy (non-hydrogen) atoms. The van der Waals surface area contributed by atoms with Crippen LogP contribution in [0, 0.1) is 6.92 Å². The molecule has 0 saturated carbocycles. The molecular weight excluding hydrogens is 266 g/mol. The number of methoxy groups -OCH3 is 1. The van der Waals surface area contributed by atoms with Gasteiger partial charge in [-0.05, 0) is 45.2 Å². The van der Waals surface area contributed by atoms with E-state index in [2.05, 4.69) is 23.4 Å². The number of hydrogen-bond acceptors (Lipinski definition) is 4. The summed E-state index contributed by atoms with van der Waals surface area (Å²) in [5.74, 6) is 1.70. The van der Waals surface area contributed by atoms with Crippen LogP contribution in [-0.4, -0.2) is 23.9 Å². The number of benzene rings is 1. The Morgan fingerprint density at radius 3 is 2.76 bits per heavy atom. The molecule has 0 fully saturated rings. The van der Waals surface area contributed by atoms with Gasteiger partial charge >= 0.3 is 0 Å². The van der Waals surface area contributed by atoms with Crippen LogP contribution in [0.3, 0.4) is 0 Å². The molecule has 0 radical (unpaired) electrons. The maximum absolute atomic E-state index is 5.97. The molecule has 0 unspecified atom stereocenters. The quantitative estimate of drug-likeness (QED) is 0.851. The van der Waals surface area contributed by atoms with Crippen molar-refractivity contribution in [2.45, 2.75) is 33.5 Å². The summed E-state index contributed by atoms with van der Waals surface area (Å²) in [5, 5.41) is 7.58. The van der Waals surface area contributed by atoms with E-state index in [1.165, 1.54) is 0 Å². The molecule has 1 aromatic heterocycles. The Bertz CT molecular complexity index is 593. The molecule has 5 heteroatoms. The molecule has 114 valence electrons. The molecule has 0 aliphatic heterocycles. The second kappa shape index (κ2) is 7.13.